The minimum atomic E-state index is -0.302. The van der Waals surface area contributed by atoms with Gasteiger partial charge in [-0.1, -0.05) is 67.1 Å². The van der Waals surface area contributed by atoms with Gasteiger partial charge in [-0.2, -0.15) is 5.26 Å². The third-order valence-corrected chi connectivity index (χ3v) is 8.48. The highest BCUT2D eigenvalue weighted by Gasteiger charge is 2.34. The molecule has 0 saturated carbocycles. The quantitative estimate of drug-likeness (QED) is 0.321. The van der Waals surface area contributed by atoms with Gasteiger partial charge in [-0.05, 0) is 50.5 Å². The zero-order valence-corrected chi connectivity index (χ0v) is 24.4. The highest BCUT2D eigenvalue weighted by molar-refractivity contribution is 8.26. The number of carbonyl (C=O) groups is 1. The van der Waals surface area contributed by atoms with Gasteiger partial charge in [-0.15, -0.1) is 0 Å². The summed E-state index contributed by atoms with van der Waals surface area (Å²) in [4.78, 5) is 31.2. The van der Waals surface area contributed by atoms with E-state index in [1.165, 1.54) is 11.8 Å². The second-order valence-electron chi connectivity index (χ2n) is 9.68. The van der Waals surface area contributed by atoms with Crippen molar-refractivity contribution in [2.24, 2.45) is 0 Å². The Morgan fingerprint density at radius 2 is 1.92 bits per heavy atom. The number of carbonyl (C=O) groups excluding carboxylic acids is 1. The molecule has 1 aromatic heterocycles. The van der Waals surface area contributed by atoms with E-state index in [1.807, 2.05) is 32.0 Å². The van der Waals surface area contributed by atoms with E-state index in [9.17, 15) is 14.9 Å². The molecule has 2 aromatic rings. The van der Waals surface area contributed by atoms with Gasteiger partial charge in [0.05, 0.1) is 23.7 Å². The second-order valence-corrected chi connectivity index (χ2v) is 11.8. The van der Waals surface area contributed by atoms with Crippen LogP contribution in [0.3, 0.4) is 0 Å². The Balaban J connectivity index is 1.85. The van der Waals surface area contributed by atoms with E-state index in [4.69, 9.17) is 28.6 Å². The summed E-state index contributed by atoms with van der Waals surface area (Å²) in [6.45, 7) is 9.79. The lowest BCUT2D eigenvalue weighted by Crippen LogP contribution is -2.48. The number of rotatable bonds is 7. The summed E-state index contributed by atoms with van der Waals surface area (Å²) in [5, 5.41) is 10.5. The van der Waals surface area contributed by atoms with E-state index >= 15 is 0 Å². The molecule has 38 heavy (non-hydrogen) atoms. The maximum Gasteiger partial charge on any atom is 0.270 e. The SMILES string of the molecule is CCCCn1c(N2CC(C)OC(C)C2)c(C=C2SC(=S)N(Cc3ccccc3Cl)C2=O)c(C)c(C#N)c1=O. The number of nitrogens with zero attached hydrogens (tertiary/aromatic N) is 4. The van der Waals surface area contributed by atoms with Crippen molar-refractivity contribution in [2.75, 3.05) is 18.0 Å². The van der Waals surface area contributed by atoms with Gasteiger partial charge >= 0.3 is 0 Å². The molecule has 200 valence electrons. The van der Waals surface area contributed by atoms with Crippen molar-refractivity contribution in [2.45, 2.75) is 65.8 Å². The standard InChI is InChI=1S/C28H31ClN4O3S2/c1-5-6-11-32-25(31-14-17(2)36-18(3)15-31)21(19(4)22(13-30)26(32)34)12-24-27(35)33(28(37)38-24)16-20-9-7-8-10-23(20)29/h7-10,12,17-18H,5-6,11,14-16H2,1-4H3. The van der Waals surface area contributed by atoms with Gasteiger partial charge in [0.1, 0.15) is 21.8 Å². The normalized spacial score (nSPS) is 20.9. The molecule has 0 radical (unpaired) electrons. The molecule has 1 aromatic carbocycles. The number of nitriles is 1. The third-order valence-electron chi connectivity index (χ3n) is 6.74. The van der Waals surface area contributed by atoms with Crippen LogP contribution in [-0.2, 0) is 22.6 Å². The summed E-state index contributed by atoms with van der Waals surface area (Å²) in [7, 11) is 0. The van der Waals surface area contributed by atoms with E-state index in [1.54, 1.807) is 28.5 Å². The van der Waals surface area contributed by atoms with Gasteiger partial charge in [0.25, 0.3) is 11.5 Å². The van der Waals surface area contributed by atoms with Crippen LogP contribution in [0, 0.1) is 18.3 Å². The van der Waals surface area contributed by atoms with Gasteiger partial charge in [0.2, 0.25) is 0 Å². The van der Waals surface area contributed by atoms with Crippen molar-refractivity contribution < 1.29 is 9.53 Å². The van der Waals surface area contributed by atoms with Crippen LogP contribution < -0.4 is 10.5 Å². The number of hydrogen-bond donors (Lipinski definition) is 0. The molecule has 4 rings (SSSR count). The lowest BCUT2D eigenvalue weighted by atomic mass is 10.0. The van der Waals surface area contributed by atoms with Crippen LogP contribution >= 0.6 is 35.6 Å². The summed E-state index contributed by atoms with van der Waals surface area (Å²) in [5.74, 6) is 0.497. The fraction of sp³-hybridized carbons (Fsp3) is 0.429. The molecule has 2 saturated heterocycles. The number of morpholine rings is 1. The molecule has 0 aliphatic carbocycles. The number of thiocarbonyl (C=S) groups is 1. The van der Waals surface area contributed by atoms with E-state index < -0.39 is 0 Å². The molecule has 0 N–H and O–H groups in total. The summed E-state index contributed by atoms with van der Waals surface area (Å²) < 4.78 is 8.10. The molecule has 7 nitrogen and oxygen atoms in total. The predicted octanol–water partition coefficient (Wildman–Crippen LogP) is 5.50. The van der Waals surface area contributed by atoms with Crippen LogP contribution in [0.5, 0.6) is 0 Å². The number of pyridine rings is 1. The number of amides is 1. The van der Waals surface area contributed by atoms with Crippen LogP contribution in [0.25, 0.3) is 6.08 Å². The molecule has 2 aliphatic heterocycles. The van der Waals surface area contributed by atoms with Crippen LogP contribution in [0.1, 0.15) is 55.9 Å². The van der Waals surface area contributed by atoms with E-state index in [2.05, 4.69) is 17.9 Å². The molecule has 1 amide bonds. The molecule has 2 aliphatic rings. The zero-order valence-electron chi connectivity index (χ0n) is 22.0. The molecule has 10 heteroatoms. The van der Waals surface area contributed by atoms with Crippen LogP contribution in [-0.4, -0.2) is 45.0 Å². The van der Waals surface area contributed by atoms with Gasteiger partial charge < -0.3 is 9.64 Å². The Bertz CT molecular complexity index is 1390. The smallest absolute Gasteiger partial charge is 0.270 e. The number of aromatic nitrogens is 1. The van der Waals surface area contributed by atoms with Gasteiger partial charge in [-0.3, -0.25) is 19.1 Å². The molecule has 2 fully saturated rings. The number of thioether (sulfide) groups is 1. The molecular weight excluding hydrogens is 540 g/mol. The molecule has 0 bridgehead atoms. The lowest BCUT2D eigenvalue weighted by molar-refractivity contribution is -0.122. The number of anilines is 1. The first kappa shape index (κ1) is 28.4. The predicted molar refractivity (Wildman–Crippen MR) is 157 cm³/mol. The highest BCUT2D eigenvalue weighted by Crippen LogP contribution is 2.37. The first-order valence-electron chi connectivity index (χ1n) is 12.7. The number of halogens is 1. The largest absolute Gasteiger partial charge is 0.372 e. The molecular formula is C28H31ClN4O3S2. The Morgan fingerprint density at radius 3 is 2.55 bits per heavy atom. The monoisotopic (exact) mass is 570 g/mol. The fourth-order valence-electron chi connectivity index (χ4n) is 4.92. The fourth-order valence-corrected chi connectivity index (χ4v) is 6.36. The third kappa shape index (κ3) is 5.69. The maximum atomic E-state index is 13.6. The van der Waals surface area contributed by atoms with Crippen molar-refractivity contribution in [3.63, 3.8) is 0 Å². The Morgan fingerprint density at radius 1 is 1.24 bits per heavy atom. The van der Waals surface area contributed by atoms with Gasteiger partial charge in [-0.25, -0.2) is 0 Å². The minimum Gasteiger partial charge on any atom is -0.372 e. The molecule has 2 atom stereocenters. The van der Waals surface area contributed by atoms with Gasteiger partial charge in [0.15, 0.2) is 0 Å². The summed E-state index contributed by atoms with van der Waals surface area (Å²) in [5.41, 5.74) is 1.85. The van der Waals surface area contributed by atoms with Crippen molar-refractivity contribution in [3.8, 4) is 6.07 Å². The van der Waals surface area contributed by atoms with Crippen molar-refractivity contribution >= 4 is 57.7 Å². The van der Waals surface area contributed by atoms with E-state index in [-0.39, 0.29) is 35.8 Å². The average Bonchev–Trinajstić information content (AvgIpc) is 3.13. The minimum absolute atomic E-state index is 0.0360. The number of unbranched alkanes of at least 4 members (excludes halogenated alkanes) is 1. The second kappa shape index (κ2) is 12.0. The van der Waals surface area contributed by atoms with Crippen LogP contribution in [0.2, 0.25) is 5.02 Å². The van der Waals surface area contributed by atoms with E-state index in [0.29, 0.717) is 45.0 Å². The molecule has 2 unspecified atom stereocenters. The van der Waals surface area contributed by atoms with Gasteiger partial charge in [0, 0.05) is 30.2 Å². The average molecular weight is 571 g/mol. The lowest BCUT2D eigenvalue weighted by Gasteiger charge is -2.39. The number of benzene rings is 1. The van der Waals surface area contributed by atoms with E-state index in [0.717, 1.165) is 24.2 Å². The molecule has 0 spiro atoms. The maximum absolute atomic E-state index is 13.6. The first-order valence-corrected chi connectivity index (χ1v) is 14.3. The van der Waals surface area contributed by atoms with Crippen molar-refractivity contribution in [1.82, 2.24) is 9.47 Å². The first-order chi connectivity index (χ1) is 18.2. The van der Waals surface area contributed by atoms with Crippen molar-refractivity contribution in [1.29, 1.82) is 5.26 Å². The number of ether oxygens (including phenoxy) is 1. The summed E-state index contributed by atoms with van der Waals surface area (Å²) in [6, 6.07) is 9.48. The zero-order chi connectivity index (χ0) is 27.6. The number of hydrogen-bond acceptors (Lipinski definition) is 7. The highest BCUT2D eigenvalue weighted by atomic mass is 35.5. The Hall–Kier alpha value is -2.64. The summed E-state index contributed by atoms with van der Waals surface area (Å²) >= 11 is 13.1. The Labute approximate surface area is 238 Å². The van der Waals surface area contributed by atoms with Crippen LogP contribution in [0.4, 0.5) is 5.82 Å². The summed E-state index contributed by atoms with van der Waals surface area (Å²) in [6.07, 6.45) is 3.41. The molecule has 3 heterocycles. The van der Waals surface area contributed by atoms with Crippen molar-refractivity contribution in [3.05, 3.63) is 66.8 Å². The van der Waals surface area contributed by atoms with Crippen LogP contribution in [0.15, 0.2) is 34.0 Å². The topological polar surface area (TPSA) is 78.6 Å². The Kier molecular flexibility index (Phi) is 8.99.